The molecule has 5 nitrogen and oxygen atoms in total. The van der Waals surface area contributed by atoms with Gasteiger partial charge in [0.25, 0.3) is 0 Å². The molecule has 0 heterocycles. The molecule has 5 heteroatoms. The second-order valence-electron chi connectivity index (χ2n) is 8.82. The second kappa shape index (κ2) is 6.83. The van der Waals surface area contributed by atoms with Gasteiger partial charge in [0.05, 0.1) is 16.7 Å². The van der Waals surface area contributed by atoms with Gasteiger partial charge in [0.15, 0.2) is 0 Å². The standard InChI is InChI=1S/C24H26N2O3/c1-22(2)23(3)14-15-24(22,21(28)25-18-12-8-5-9-13-18)16-19(23)26-29-20(27)17-10-6-4-7-11-17/h4-13H,14-16H2,1-3H3,(H,25,28). The Morgan fingerprint density at radius 3 is 2.21 bits per heavy atom. The van der Waals surface area contributed by atoms with Gasteiger partial charge in [-0.2, -0.15) is 0 Å². The summed E-state index contributed by atoms with van der Waals surface area (Å²) in [7, 11) is 0. The van der Waals surface area contributed by atoms with Gasteiger partial charge in [-0.25, -0.2) is 4.79 Å². The minimum Gasteiger partial charge on any atom is -0.326 e. The largest absolute Gasteiger partial charge is 0.365 e. The van der Waals surface area contributed by atoms with Crippen molar-refractivity contribution in [3.8, 4) is 0 Å². The van der Waals surface area contributed by atoms with Crippen LogP contribution >= 0.6 is 0 Å². The number of benzene rings is 2. The molecule has 0 spiro atoms. The third-order valence-corrected chi connectivity index (χ3v) is 7.45. The van der Waals surface area contributed by atoms with E-state index in [-0.39, 0.29) is 16.7 Å². The van der Waals surface area contributed by atoms with Gasteiger partial charge in [-0.3, -0.25) is 4.79 Å². The summed E-state index contributed by atoms with van der Waals surface area (Å²) in [5.41, 5.74) is 0.865. The first kappa shape index (κ1) is 19.4. The topological polar surface area (TPSA) is 67.8 Å². The van der Waals surface area contributed by atoms with Gasteiger partial charge in [0.2, 0.25) is 5.91 Å². The molecule has 2 unspecified atom stereocenters. The molecule has 2 aromatic rings. The Balaban J connectivity index is 1.59. The number of para-hydroxylation sites is 1. The van der Waals surface area contributed by atoms with Crippen LogP contribution in [-0.2, 0) is 9.63 Å². The van der Waals surface area contributed by atoms with Gasteiger partial charge < -0.3 is 10.2 Å². The minimum absolute atomic E-state index is 0.0111. The Morgan fingerprint density at radius 2 is 1.55 bits per heavy atom. The first-order chi connectivity index (χ1) is 13.8. The van der Waals surface area contributed by atoms with E-state index in [1.165, 1.54) is 0 Å². The SMILES string of the molecule is CC12CCC(C(=O)Nc3ccccc3)(CC1=NOC(=O)c1ccccc1)C2(C)C. The number of fused-ring (bicyclic) bond motifs is 2. The Morgan fingerprint density at radius 1 is 0.931 bits per heavy atom. The quantitative estimate of drug-likeness (QED) is 0.586. The van der Waals surface area contributed by atoms with Crippen LogP contribution in [-0.4, -0.2) is 17.6 Å². The first-order valence-electron chi connectivity index (χ1n) is 10.0. The van der Waals surface area contributed by atoms with Crippen LogP contribution in [0.3, 0.4) is 0 Å². The van der Waals surface area contributed by atoms with E-state index in [9.17, 15) is 9.59 Å². The molecule has 1 N–H and O–H groups in total. The van der Waals surface area contributed by atoms with Crippen LogP contribution in [0.2, 0.25) is 0 Å². The first-order valence-corrected chi connectivity index (χ1v) is 10.0. The number of carbonyl (C=O) groups is 2. The number of hydrogen-bond acceptors (Lipinski definition) is 4. The molecule has 0 radical (unpaired) electrons. The smallest absolute Gasteiger partial charge is 0.326 e. The summed E-state index contributed by atoms with van der Waals surface area (Å²) in [6.45, 7) is 6.39. The molecule has 0 aromatic heterocycles. The molecule has 4 rings (SSSR count). The molecular weight excluding hydrogens is 364 g/mol. The van der Waals surface area contributed by atoms with Crippen molar-refractivity contribution in [2.24, 2.45) is 21.4 Å². The Kier molecular flexibility index (Phi) is 4.56. The fourth-order valence-corrected chi connectivity index (χ4v) is 5.02. The number of carbonyl (C=O) groups excluding carboxylic acids is 2. The zero-order chi connectivity index (χ0) is 20.7. The molecule has 2 aromatic carbocycles. The minimum atomic E-state index is -0.574. The number of hydrogen-bond donors (Lipinski definition) is 1. The monoisotopic (exact) mass is 390 g/mol. The van der Waals surface area contributed by atoms with Crippen molar-refractivity contribution in [1.29, 1.82) is 0 Å². The lowest BCUT2D eigenvalue weighted by Crippen LogP contribution is -2.43. The van der Waals surface area contributed by atoms with Gasteiger partial charge in [0.1, 0.15) is 0 Å². The fraction of sp³-hybridized carbons (Fsp3) is 0.375. The highest BCUT2D eigenvalue weighted by Gasteiger charge is 2.71. The maximum absolute atomic E-state index is 13.4. The number of nitrogens with zero attached hydrogens (tertiary/aromatic N) is 1. The number of amides is 1. The van der Waals surface area contributed by atoms with Crippen molar-refractivity contribution in [1.82, 2.24) is 0 Å². The van der Waals surface area contributed by atoms with Gasteiger partial charge in [0, 0.05) is 17.5 Å². The molecule has 2 fully saturated rings. The summed E-state index contributed by atoms with van der Waals surface area (Å²) < 4.78 is 0. The van der Waals surface area contributed by atoms with Gasteiger partial charge >= 0.3 is 5.97 Å². The van der Waals surface area contributed by atoms with E-state index in [1.54, 1.807) is 24.3 Å². The van der Waals surface area contributed by atoms with E-state index < -0.39 is 11.4 Å². The number of nitrogens with one attached hydrogen (secondary N) is 1. The van der Waals surface area contributed by atoms with Crippen LogP contribution in [0.4, 0.5) is 5.69 Å². The van der Waals surface area contributed by atoms with Gasteiger partial charge in [-0.05, 0) is 42.5 Å². The molecule has 2 bridgehead atoms. The van der Waals surface area contributed by atoms with E-state index in [1.807, 2.05) is 36.4 Å². The summed E-state index contributed by atoms with van der Waals surface area (Å²) in [6, 6.07) is 18.3. The molecule has 2 aliphatic rings. The molecule has 29 heavy (non-hydrogen) atoms. The maximum Gasteiger partial charge on any atom is 0.365 e. The van der Waals surface area contributed by atoms with Crippen molar-refractivity contribution in [2.45, 2.75) is 40.0 Å². The van der Waals surface area contributed by atoms with E-state index in [2.05, 4.69) is 31.2 Å². The maximum atomic E-state index is 13.4. The molecule has 2 atom stereocenters. The average molecular weight is 390 g/mol. The molecule has 1 amide bonds. The molecule has 2 aliphatic carbocycles. The summed E-state index contributed by atoms with van der Waals surface area (Å²) >= 11 is 0. The zero-order valence-corrected chi connectivity index (χ0v) is 17.1. The summed E-state index contributed by atoms with van der Waals surface area (Å²) in [5.74, 6) is -0.470. The van der Waals surface area contributed by atoms with E-state index in [0.29, 0.717) is 12.0 Å². The third-order valence-electron chi connectivity index (χ3n) is 7.45. The highest BCUT2D eigenvalue weighted by atomic mass is 16.7. The molecule has 0 saturated heterocycles. The van der Waals surface area contributed by atoms with Crippen LogP contribution < -0.4 is 5.32 Å². The highest BCUT2D eigenvalue weighted by Crippen LogP contribution is 2.71. The van der Waals surface area contributed by atoms with Crippen molar-refractivity contribution < 1.29 is 14.4 Å². The molecular formula is C24H26N2O3. The fourth-order valence-electron chi connectivity index (χ4n) is 5.02. The van der Waals surface area contributed by atoms with Gasteiger partial charge in [-0.1, -0.05) is 62.3 Å². The van der Waals surface area contributed by atoms with Crippen molar-refractivity contribution >= 4 is 23.3 Å². The molecule has 0 aliphatic heterocycles. The van der Waals surface area contributed by atoms with Crippen LogP contribution in [0.1, 0.15) is 50.4 Å². The summed E-state index contributed by atoms with van der Waals surface area (Å²) in [4.78, 5) is 31.0. The van der Waals surface area contributed by atoms with Crippen molar-refractivity contribution in [3.05, 3.63) is 66.2 Å². The number of oxime groups is 1. The molecule has 2 saturated carbocycles. The summed E-state index contributed by atoms with van der Waals surface area (Å²) in [5, 5.41) is 7.36. The lowest BCUT2D eigenvalue weighted by atomic mass is 9.64. The van der Waals surface area contributed by atoms with Crippen LogP contribution in [0.15, 0.2) is 65.8 Å². The van der Waals surface area contributed by atoms with Gasteiger partial charge in [-0.15, -0.1) is 0 Å². The Hall–Kier alpha value is -2.95. The van der Waals surface area contributed by atoms with E-state index in [0.717, 1.165) is 24.2 Å². The van der Waals surface area contributed by atoms with E-state index >= 15 is 0 Å². The average Bonchev–Trinajstić information content (AvgIpc) is 3.04. The van der Waals surface area contributed by atoms with Crippen LogP contribution in [0.5, 0.6) is 0 Å². The summed E-state index contributed by atoms with van der Waals surface area (Å²) in [6.07, 6.45) is 2.13. The second-order valence-corrected chi connectivity index (χ2v) is 8.82. The number of anilines is 1. The Labute approximate surface area is 171 Å². The third kappa shape index (κ3) is 2.87. The van der Waals surface area contributed by atoms with Crippen LogP contribution in [0.25, 0.3) is 0 Å². The normalized spacial score (nSPS) is 28.3. The molecule has 150 valence electrons. The van der Waals surface area contributed by atoms with Crippen molar-refractivity contribution in [3.63, 3.8) is 0 Å². The number of rotatable bonds is 4. The highest BCUT2D eigenvalue weighted by molar-refractivity contribution is 6.06. The predicted molar refractivity (Wildman–Crippen MR) is 113 cm³/mol. The van der Waals surface area contributed by atoms with Crippen molar-refractivity contribution in [2.75, 3.05) is 5.32 Å². The lowest BCUT2D eigenvalue weighted by Gasteiger charge is -2.39. The predicted octanol–water partition coefficient (Wildman–Crippen LogP) is 5.05. The van der Waals surface area contributed by atoms with Crippen LogP contribution in [0, 0.1) is 16.2 Å². The Bertz CT molecular complexity index is 968. The van der Waals surface area contributed by atoms with E-state index in [4.69, 9.17) is 4.84 Å². The lowest BCUT2D eigenvalue weighted by molar-refractivity contribution is -0.130. The zero-order valence-electron chi connectivity index (χ0n) is 17.1.